The number of nitrogens with one attached hydrogen (secondary N) is 1. The summed E-state index contributed by atoms with van der Waals surface area (Å²) in [4.78, 5) is 4.05. The molecule has 0 fully saturated rings. The zero-order chi connectivity index (χ0) is 10.1. The maximum Gasteiger partial charge on any atom is 0.140 e. The number of aromatic nitrogens is 1. The highest BCUT2D eigenvalue weighted by atomic mass is 35.5. The summed E-state index contributed by atoms with van der Waals surface area (Å²) >= 11 is 5.86. The van der Waals surface area contributed by atoms with Crippen molar-refractivity contribution in [2.45, 2.75) is 0 Å². The van der Waals surface area contributed by atoms with E-state index in [1.807, 2.05) is 0 Å². The molecule has 0 radical (unpaired) electrons. The first-order valence-electron chi connectivity index (χ1n) is 3.94. The van der Waals surface area contributed by atoms with Crippen LogP contribution in [-0.2, 0) is 0 Å². The summed E-state index contributed by atoms with van der Waals surface area (Å²) < 4.78 is 13.3. The summed E-state index contributed by atoms with van der Waals surface area (Å²) in [5, 5.41) is 0.787. The Morgan fingerprint density at radius 2 is 2.07 bits per heavy atom. The van der Waals surface area contributed by atoms with Gasteiger partial charge in [-0.2, -0.15) is 0 Å². The van der Waals surface area contributed by atoms with Crippen molar-refractivity contribution in [1.29, 1.82) is 0 Å². The van der Waals surface area contributed by atoms with Gasteiger partial charge in [0.1, 0.15) is 11.6 Å². The molecule has 0 amide bonds. The van der Waals surface area contributed by atoms with E-state index in [1.54, 1.807) is 12.1 Å². The first-order valence-corrected chi connectivity index (χ1v) is 4.31. The van der Waals surface area contributed by atoms with Gasteiger partial charge < -0.3 is 5.43 Å². The van der Waals surface area contributed by atoms with Gasteiger partial charge in [0, 0.05) is 5.39 Å². The predicted octanol–water partition coefficient (Wildman–Crippen LogP) is 2.31. The highest BCUT2D eigenvalue weighted by Crippen LogP contribution is 2.25. The number of hydrazine groups is 1. The van der Waals surface area contributed by atoms with Crippen LogP contribution in [0, 0.1) is 5.82 Å². The lowest BCUT2D eigenvalue weighted by molar-refractivity contribution is 0.639. The number of hydrogen-bond donors (Lipinski definition) is 2. The van der Waals surface area contributed by atoms with Gasteiger partial charge in [-0.15, -0.1) is 0 Å². The first kappa shape index (κ1) is 9.18. The SMILES string of the molecule is NNc1ccc2c(F)ccc(Cl)c2n1. The Bertz CT molecular complexity index is 487. The molecule has 3 nitrogen and oxygen atoms in total. The topological polar surface area (TPSA) is 50.9 Å². The Balaban J connectivity index is 2.80. The van der Waals surface area contributed by atoms with Crippen molar-refractivity contribution >= 4 is 28.3 Å². The fourth-order valence-electron chi connectivity index (χ4n) is 1.23. The van der Waals surface area contributed by atoms with E-state index in [0.29, 0.717) is 21.7 Å². The van der Waals surface area contributed by atoms with Crippen LogP contribution in [0.25, 0.3) is 10.9 Å². The van der Waals surface area contributed by atoms with Gasteiger partial charge in [-0.05, 0) is 24.3 Å². The fourth-order valence-corrected chi connectivity index (χ4v) is 1.44. The zero-order valence-corrected chi connectivity index (χ0v) is 7.85. The summed E-state index contributed by atoms with van der Waals surface area (Å²) in [6, 6.07) is 5.94. The van der Waals surface area contributed by atoms with Gasteiger partial charge in [0.05, 0.1) is 10.5 Å². The molecule has 72 valence electrons. The molecule has 1 heterocycles. The third-order valence-electron chi connectivity index (χ3n) is 1.90. The Hall–Kier alpha value is -1.39. The molecule has 0 aliphatic carbocycles. The summed E-state index contributed by atoms with van der Waals surface area (Å²) in [5.41, 5.74) is 2.78. The lowest BCUT2D eigenvalue weighted by Crippen LogP contribution is -2.08. The quantitative estimate of drug-likeness (QED) is 0.562. The molecule has 0 atom stereocenters. The van der Waals surface area contributed by atoms with Gasteiger partial charge in [-0.25, -0.2) is 15.2 Å². The van der Waals surface area contributed by atoms with Gasteiger partial charge in [0.2, 0.25) is 0 Å². The maximum atomic E-state index is 13.3. The van der Waals surface area contributed by atoms with Crippen molar-refractivity contribution in [2.24, 2.45) is 5.84 Å². The van der Waals surface area contributed by atoms with Gasteiger partial charge >= 0.3 is 0 Å². The average molecular weight is 212 g/mol. The number of anilines is 1. The van der Waals surface area contributed by atoms with E-state index in [9.17, 15) is 4.39 Å². The standard InChI is InChI=1S/C9H7ClFN3/c10-6-2-3-7(11)5-1-4-8(14-12)13-9(5)6/h1-4H,12H2,(H,13,14). The smallest absolute Gasteiger partial charge is 0.140 e. The molecule has 1 aromatic heterocycles. The van der Waals surface area contributed by atoms with Crippen molar-refractivity contribution in [3.63, 3.8) is 0 Å². The Morgan fingerprint density at radius 1 is 1.29 bits per heavy atom. The van der Waals surface area contributed by atoms with E-state index in [-0.39, 0.29) is 5.82 Å². The predicted molar refractivity (Wildman–Crippen MR) is 54.5 cm³/mol. The van der Waals surface area contributed by atoms with Crippen LogP contribution < -0.4 is 11.3 Å². The van der Waals surface area contributed by atoms with Crippen molar-refractivity contribution in [3.05, 3.63) is 35.1 Å². The van der Waals surface area contributed by atoms with Crippen molar-refractivity contribution in [3.8, 4) is 0 Å². The third-order valence-corrected chi connectivity index (χ3v) is 2.21. The van der Waals surface area contributed by atoms with E-state index in [2.05, 4.69) is 10.4 Å². The number of rotatable bonds is 1. The number of hydrogen-bond acceptors (Lipinski definition) is 3. The van der Waals surface area contributed by atoms with E-state index in [1.165, 1.54) is 12.1 Å². The second kappa shape index (κ2) is 3.40. The lowest BCUT2D eigenvalue weighted by Gasteiger charge is -2.03. The van der Waals surface area contributed by atoms with Crippen LogP contribution in [-0.4, -0.2) is 4.98 Å². The van der Waals surface area contributed by atoms with Gasteiger partial charge in [0.25, 0.3) is 0 Å². The van der Waals surface area contributed by atoms with Crippen LogP contribution in [0.15, 0.2) is 24.3 Å². The molecule has 0 saturated heterocycles. The minimum atomic E-state index is -0.347. The lowest BCUT2D eigenvalue weighted by atomic mass is 10.2. The summed E-state index contributed by atoms with van der Waals surface area (Å²) in [6.07, 6.45) is 0. The molecule has 14 heavy (non-hydrogen) atoms. The van der Waals surface area contributed by atoms with Crippen LogP contribution >= 0.6 is 11.6 Å². The molecule has 0 aliphatic rings. The van der Waals surface area contributed by atoms with Crippen molar-refractivity contribution < 1.29 is 4.39 Å². The van der Waals surface area contributed by atoms with Gasteiger partial charge in [-0.1, -0.05) is 11.6 Å². The monoisotopic (exact) mass is 211 g/mol. The molecule has 5 heteroatoms. The average Bonchev–Trinajstić information content (AvgIpc) is 2.23. The minimum Gasteiger partial charge on any atom is -0.308 e. The highest BCUT2D eigenvalue weighted by molar-refractivity contribution is 6.35. The van der Waals surface area contributed by atoms with Gasteiger partial charge in [0.15, 0.2) is 0 Å². The molecule has 2 aromatic rings. The molecule has 0 unspecified atom stereocenters. The van der Waals surface area contributed by atoms with Crippen molar-refractivity contribution in [1.82, 2.24) is 4.98 Å². The Morgan fingerprint density at radius 3 is 2.79 bits per heavy atom. The number of nitrogens with two attached hydrogens (primary N) is 1. The largest absolute Gasteiger partial charge is 0.308 e. The highest BCUT2D eigenvalue weighted by Gasteiger charge is 2.06. The molecule has 2 rings (SSSR count). The summed E-state index contributed by atoms with van der Waals surface area (Å²) in [5.74, 6) is 5.28. The Kier molecular flexibility index (Phi) is 2.23. The summed E-state index contributed by atoms with van der Waals surface area (Å²) in [7, 11) is 0. The second-order valence-corrected chi connectivity index (χ2v) is 3.17. The van der Waals surface area contributed by atoms with E-state index >= 15 is 0 Å². The van der Waals surface area contributed by atoms with Crippen LogP contribution in [0.5, 0.6) is 0 Å². The van der Waals surface area contributed by atoms with Crippen LogP contribution in [0.3, 0.4) is 0 Å². The molecule has 0 bridgehead atoms. The number of nitrogen functional groups attached to an aromatic ring is 1. The molecule has 0 aliphatic heterocycles. The zero-order valence-electron chi connectivity index (χ0n) is 7.09. The number of halogens is 2. The molecule has 3 N–H and O–H groups in total. The van der Waals surface area contributed by atoms with Crippen LogP contribution in [0.4, 0.5) is 10.2 Å². The number of fused-ring (bicyclic) bond motifs is 1. The summed E-state index contributed by atoms with van der Waals surface area (Å²) in [6.45, 7) is 0. The molecule has 0 saturated carbocycles. The first-order chi connectivity index (χ1) is 6.72. The third kappa shape index (κ3) is 1.38. The van der Waals surface area contributed by atoms with Gasteiger partial charge in [-0.3, -0.25) is 0 Å². The normalized spacial score (nSPS) is 10.5. The van der Waals surface area contributed by atoms with E-state index in [4.69, 9.17) is 17.4 Å². The number of pyridine rings is 1. The molecule has 1 aromatic carbocycles. The number of nitrogens with zero attached hydrogens (tertiary/aromatic N) is 1. The molecular weight excluding hydrogens is 205 g/mol. The second-order valence-electron chi connectivity index (χ2n) is 2.77. The molecule has 0 spiro atoms. The van der Waals surface area contributed by atoms with E-state index < -0.39 is 0 Å². The Labute approximate surface area is 84.7 Å². The van der Waals surface area contributed by atoms with Crippen LogP contribution in [0.1, 0.15) is 0 Å². The van der Waals surface area contributed by atoms with Crippen LogP contribution in [0.2, 0.25) is 5.02 Å². The van der Waals surface area contributed by atoms with E-state index in [0.717, 1.165) is 0 Å². The minimum absolute atomic E-state index is 0.347. The fraction of sp³-hybridized carbons (Fsp3) is 0. The van der Waals surface area contributed by atoms with Crippen molar-refractivity contribution in [2.75, 3.05) is 5.43 Å². The number of benzene rings is 1. The molecular formula is C9H7ClFN3. The maximum absolute atomic E-state index is 13.3.